The van der Waals surface area contributed by atoms with Gasteiger partial charge in [0, 0.05) is 5.69 Å². The second-order valence-electron chi connectivity index (χ2n) is 3.57. The minimum atomic E-state index is 0.157. The van der Waals surface area contributed by atoms with Crippen LogP contribution in [0.4, 0.5) is 5.69 Å². The average Bonchev–Trinajstić information content (AvgIpc) is 2.74. The van der Waals surface area contributed by atoms with E-state index < -0.39 is 0 Å². The molecule has 0 aliphatic rings. The maximum absolute atomic E-state index is 5.31. The number of rotatable bonds is 3. The van der Waals surface area contributed by atoms with Gasteiger partial charge in [0.2, 0.25) is 0 Å². The molecule has 0 radical (unpaired) electrons. The summed E-state index contributed by atoms with van der Waals surface area (Å²) in [5.41, 5.74) is 2.02. The van der Waals surface area contributed by atoms with E-state index in [9.17, 15) is 0 Å². The van der Waals surface area contributed by atoms with E-state index in [1.165, 1.54) is 0 Å². The van der Waals surface area contributed by atoms with Crippen LogP contribution in [-0.4, -0.2) is 4.98 Å². The third kappa shape index (κ3) is 2.37. The van der Waals surface area contributed by atoms with E-state index in [2.05, 4.69) is 17.2 Å². The molecule has 1 N–H and O–H groups in total. The van der Waals surface area contributed by atoms with Crippen molar-refractivity contribution < 1.29 is 4.42 Å². The van der Waals surface area contributed by atoms with Crippen molar-refractivity contribution in [2.24, 2.45) is 0 Å². The number of furan rings is 1. The van der Waals surface area contributed by atoms with E-state index in [0.717, 1.165) is 17.1 Å². The molecule has 78 valence electrons. The lowest BCUT2D eigenvalue weighted by Gasteiger charge is -2.12. The number of hydrogen-bond donors (Lipinski definition) is 1. The summed E-state index contributed by atoms with van der Waals surface area (Å²) in [5.74, 6) is 0.926. The van der Waals surface area contributed by atoms with Gasteiger partial charge in [-0.05, 0) is 38.1 Å². The second-order valence-corrected chi connectivity index (χ2v) is 3.57. The minimum absolute atomic E-state index is 0.157. The Bertz CT molecular complexity index is 406. The van der Waals surface area contributed by atoms with Gasteiger partial charge >= 0.3 is 0 Å². The molecular weight excluding hydrogens is 188 g/mol. The molecule has 0 unspecified atom stereocenters. The Labute approximate surface area is 89.1 Å². The quantitative estimate of drug-likeness (QED) is 0.830. The summed E-state index contributed by atoms with van der Waals surface area (Å²) in [5, 5.41) is 3.32. The molecule has 0 saturated heterocycles. The van der Waals surface area contributed by atoms with Gasteiger partial charge in [0.05, 0.1) is 24.2 Å². The highest BCUT2D eigenvalue weighted by Gasteiger charge is 2.07. The second kappa shape index (κ2) is 4.17. The molecule has 0 spiro atoms. The molecule has 0 saturated carbocycles. The number of aryl methyl sites for hydroxylation is 1. The molecular formula is C12H14N2O. The lowest BCUT2D eigenvalue weighted by Crippen LogP contribution is -2.05. The molecule has 2 aromatic heterocycles. The van der Waals surface area contributed by atoms with Crippen molar-refractivity contribution in [3.05, 3.63) is 48.2 Å². The van der Waals surface area contributed by atoms with Crippen molar-refractivity contribution >= 4 is 5.69 Å². The van der Waals surface area contributed by atoms with Crippen LogP contribution in [0.5, 0.6) is 0 Å². The Balaban J connectivity index is 2.06. The molecule has 3 heteroatoms. The maximum atomic E-state index is 5.31. The summed E-state index contributed by atoms with van der Waals surface area (Å²) in [6.07, 6.45) is 3.51. The van der Waals surface area contributed by atoms with Gasteiger partial charge in [-0.15, -0.1) is 0 Å². The predicted octanol–water partition coefficient (Wildman–Crippen LogP) is 3.16. The summed E-state index contributed by atoms with van der Waals surface area (Å²) >= 11 is 0. The van der Waals surface area contributed by atoms with Gasteiger partial charge in [0.1, 0.15) is 5.76 Å². The summed E-state index contributed by atoms with van der Waals surface area (Å²) in [4.78, 5) is 4.22. The Morgan fingerprint density at radius 3 is 2.80 bits per heavy atom. The predicted molar refractivity (Wildman–Crippen MR) is 59.7 cm³/mol. The van der Waals surface area contributed by atoms with Crippen molar-refractivity contribution in [3.63, 3.8) is 0 Å². The monoisotopic (exact) mass is 202 g/mol. The Kier molecular flexibility index (Phi) is 2.72. The molecule has 0 aromatic carbocycles. The van der Waals surface area contributed by atoms with Crippen molar-refractivity contribution in [1.82, 2.24) is 4.98 Å². The van der Waals surface area contributed by atoms with Gasteiger partial charge in [-0.3, -0.25) is 4.98 Å². The van der Waals surface area contributed by atoms with E-state index in [1.54, 1.807) is 6.26 Å². The van der Waals surface area contributed by atoms with Crippen molar-refractivity contribution in [1.29, 1.82) is 0 Å². The highest BCUT2D eigenvalue weighted by molar-refractivity contribution is 5.42. The molecule has 0 aliphatic carbocycles. The van der Waals surface area contributed by atoms with Crippen LogP contribution in [0.3, 0.4) is 0 Å². The molecule has 2 heterocycles. The SMILES string of the molecule is Cc1ccc(N[C@@H](C)c2ccco2)cn1. The molecule has 1 atom stereocenters. The van der Waals surface area contributed by atoms with E-state index in [0.29, 0.717) is 0 Å². The lowest BCUT2D eigenvalue weighted by atomic mass is 10.2. The number of anilines is 1. The van der Waals surface area contributed by atoms with Crippen LogP contribution < -0.4 is 5.32 Å². The first kappa shape index (κ1) is 9.77. The van der Waals surface area contributed by atoms with Gasteiger partial charge in [0.15, 0.2) is 0 Å². The fourth-order valence-electron chi connectivity index (χ4n) is 1.41. The summed E-state index contributed by atoms with van der Waals surface area (Å²) in [7, 11) is 0. The maximum Gasteiger partial charge on any atom is 0.125 e. The van der Waals surface area contributed by atoms with Gasteiger partial charge < -0.3 is 9.73 Å². The van der Waals surface area contributed by atoms with Crippen LogP contribution in [-0.2, 0) is 0 Å². The first-order valence-electron chi connectivity index (χ1n) is 4.98. The third-order valence-electron chi connectivity index (χ3n) is 2.26. The molecule has 0 fully saturated rings. The van der Waals surface area contributed by atoms with Gasteiger partial charge in [-0.2, -0.15) is 0 Å². The van der Waals surface area contributed by atoms with Crippen LogP contribution in [0.15, 0.2) is 41.1 Å². The van der Waals surface area contributed by atoms with Crippen LogP contribution in [0.25, 0.3) is 0 Å². The zero-order valence-corrected chi connectivity index (χ0v) is 8.90. The Morgan fingerprint density at radius 1 is 1.33 bits per heavy atom. The molecule has 2 rings (SSSR count). The Morgan fingerprint density at radius 2 is 2.20 bits per heavy atom. The number of nitrogens with one attached hydrogen (secondary N) is 1. The highest BCUT2D eigenvalue weighted by atomic mass is 16.3. The van der Waals surface area contributed by atoms with E-state index in [-0.39, 0.29) is 6.04 Å². The topological polar surface area (TPSA) is 38.1 Å². The minimum Gasteiger partial charge on any atom is -0.467 e. The molecule has 0 bridgehead atoms. The zero-order valence-electron chi connectivity index (χ0n) is 8.90. The van der Waals surface area contributed by atoms with Gasteiger partial charge in [-0.1, -0.05) is 0 Å². The van der Waals surface area contributed by atoms with Crippen molar-refractivity contribution in [3.8, 4) is 0 Å². The lowest BCUT2D eigenvalue weighted by molar-refractivity contribution is 0.490. The molecule has 0 amide bonds. The van der Waals surface area contributed by atoms with E-state index in [1.807, 2.05) is 37.4 Å². The number of aromatic nitrogens is 1. The average molecular weight is 202 g/mol. The smallest absolute Gasteiger partial charge is 0.125 e. The Hall–Kier alpha value is -1.77. The third-order valence-corrected chi connectivity index (χ3v) is 2.26. The highest BCUT2D eigenvalue weighted by Crippen LogP contribution is 2.18. The van der Waals surface area contributed by atoms with Gasteiger partial charge in [-0.25, -0.2) is 0 Å². The van der Waals surface area contributed by atoms with Crippen LogP contribution in [0, 0.1) is 6.92 Å². The molecule has 3 nitrogen and oxygen atoms in total. The van der Waals surface area contributed by atoms with Crippen molar-refractivity contribution in [2.45, 2.75) is 19.9 Å². The van der Waals surface area contributed by atoms with Gasteiger partial charge in [0.25, 0.3) is 0 Å². The molecule has 15 heavy (non-hydrogen) atoms. The first-order chi connectivity index (χ1) is 7.25. The fraction of sp³-hybridized carbons (Fsp3) is 0.250. The summed E-state index contributed by atoms with van der Waals surface area (Å²) in [6, 6.07) is 8.00. The van der Waals surface area contributed by atoms with E-state index >= 15 is 0 Å². The molecule has 2 aromatic rings. The first-order valence-corrected chi connectivity index (χ1v) is 4.98. The molecule has 0 aliphatic heterocycles. The number of nitrogens with zero attached hydrogens (tertiary/aromatic N) is 1. The van der Waals surface area contributed by atoms with Crippen LogP contribution in [0.1, 0.15) is 24.4 Å². The largest absolute Gasteiger partial charge is 0.467 e. The van der Waals surface area contributed by atoms with Crippen LogP contribution >= 0.6 is 0 Å². The summed E-state index contributed by atoms with van der Waals surface area (Å²) < 4.78 is 5.31. The standard InChI is InChI=1S/C12H14N2O/c1-9-5-6-11(8-13-9)14-10(2)12-4-3-7-15-12/h3-8,10,14H,1-2H3/t10-/m0/s1. The number of hydrogen-bond acceptors (Lipinski definition) is 3. The normalized spacial score (nSPS) is 12.4. The summed E-state index contributed by atoms with van der Waals surface area (Å²) in [6.45, 7) is 4.03. The zero-order chi connectivity index (χ0) is 10.7. The van der Waals surface area contributed by atoms with E-state index in [4.69, 9.17) is 4.42 Å². The van der Waals surface area contributed by atoms with Crippen LogP contribution in [0.2, 0.25) is 0 Å². The van der Waals surface area contributed by atoms with Crippen molar-refractivity contribution in [2.75, 3.05) is 5.32 Å². The fourth-order valence-corrected chi connectivity index (χ4v) is 1.41. The number of pyridine rings is 1.